The van der Waals surface area contributed by atoms with Gasteiger partial charge in [0.15, 0.2) is 0 Å². The van der Waals surface area contributed by atoms with E-state index in [4.69, 9.17) is 0 Å². The lowest BCUT2D eigenvalue weighted by molar-refractivity contribution is 0.603. The molecule has 8 heteroatoms. The summed E-state index contributed by atoms with van der Waals surface area (Å²) in [4.78, 5) is 0.821. The summed E-state index contributed by atoms with van der Waals surface area (Å²) in [5.74, 6) is 0. The van der Waals surface area contributed by atoms with Crippen LogP contribution in [0, 0.1) is 13.8 Å². The number of aromatic nitrogens is 2. The largest absolute Gasteiger partial charge is 0.282 e. The van der Waals surface area contributed by atoms with Crippen molar-refractivity contribution >= 4 is 43.0 Å². The SMILES string of the molecule is Cc1[nH]nc(-c2ccc(S(=O)(=O)Nc3cccc(Br)c3)s2)c1C. The summed E-state index contributed by atoms with van der Waals surface area (Å²) in [6, 6.07) is 10.4. The molecular weight excluding hydrogens is 398 g/mol. The topological polar surface area (TPSA) is 74.8 Å². The van der Waals surface area contributed by atoms with Crippen LogP contribution in [0.5, 0.6) is 0 Å². The third kappa shape index (κ3) is 3.34. The summed E-state index contributed by atoms with van der Waals surface area (Å²) in [6.07, 6.45) is 0. The first-order valence-electron chi connectivity index (χ1n) is 6.77. The molecular formula is C15H14BrN3O2S2. The van der Waals surface area contributed by atoms with Crippen LogP contribution in [0.1, 0.15) is 11.3 Å². The van der Waals surface area contributed by atoms with E-state index in [1.165, 1.54) is 11.3 Å². The number of sulfonamides is 1. The molecule has 0 aliphatic heterocycles. The van der Waals surface area contributed by atoms with Crippen LogP contribution in [0.25, 0.3) is 10.6 Å². The van der Waals surface area contributed by atoms with E-state index in [0.29, 0.717) is 5.69 Å². The number of aryl methyl sites for hydroxylation is 1. The Morgan fingerprint density at radius 1 is 1.22 bits per heavy atom. The molecule has 2 aromatic heterocycles. The molecule has 0 aliphatic carbocycles. The van der Waals surface area contributed by atoms with Crippen molar-refractivity contribution in [2.24, 2.45) is 0 Å². The zero-order valence-electron chi connectivity index (χ0n) is 12.4. The first-order chi connectivity index (χ1) is 10.9. The summed E-state index contributed by atoms with van der Waals surface area (Å²) < 4.78 is 28.7. The Morgan fingerprint density at radius 2 is 2.00 bits per heavy atom. The number of nitrogens with one attached hydrogen (secondary N) is 2. The standard InChI is InChI=1S/C15H14BrN3O2S2/c1-9-10(2)17-18-15(9)13-6-7-14(22-13)23(20,21)19-12-5-3-4-11(16)8-12/h3-8,19H,1-2H3,(H,17,18). The number of H-pyrrole nitrogens is 1. The zero-order valence-corrected chi connectivity index (χ0v) is 15.6. The van der Waals surface area contributed by atoms with Gasteiger partial charge in [-0.3, -0.25) is 9.82 Å². The van der Waals surface area contributed by atoms with Gasteiger partial charge in [-0.15, -0.1) is 11.3 Å². The Kier molecular flexibility index (Phi) is 4.31. The highest BCUT2D eigenvalue weighted by Crippen LogP contribution is 2.33. The molecule has 0 fully saturated rings. The van der Waals surface area contributed by atoms with Crippen molar-refractivity contribution in [3.8, 4) is 10.6 Å². The maximum atomic E-state index is 12.5. The molecule has 2 N–H and O–H groups in total. The minimum atomic E-state index is -3.61. The van der Waals surface area contributed by atoms with Crippen molar-refractivity contribution < 1.29 is 8.42 Å². The Morgan fingerprint density at radius 3 is 2.65 bits per heavy atom. The van der Waals surface area contributed by atoms with Crippen molar-refractivity contribution in [1.82, 2.24) is 10.2 Å². The Balaban J connectivity index is 1.91. The van der Waals surface area contributed by atoms with Crippen LogP contribution >= 0.6 is 27.3 Å². The van der Waals surface area contributed by atoms with Crippen molar-refractivity contribution in [2.45, 2.75) is 18.1 Å². The van der Waals surface area contributed by atoms with E-state index in [1.54, 1.807) is 30.3 Å². The molecule has 0 bridgehead atoms. The van der Waals surface area contributed by atoms with Gasteiger partial charge in [0, 0.05) is 15.9 Å². The number of hydrogen-bond donors (Lipinski definition) is 2. The molecule has 0 saturated carbocycles. The van der Waals surface area contributed by atoms with Crippen LogP contribution in [0.15, 0.2) is 45.1 Å². The van der Waals surface area contributed by atoms with Gasteiger partial charge in [-0.2, -0.15) is 5.10 Å². The van der Waals surface area contributed by atoms with E-state index in [2.05, 4.69) is 30.8 Å². The fourth-order valence-electron chi connectivity index (χ4n) is 2.07. The monoisotopic (exact) mass is 411 g/mol. The molecule has 3 rings (SSSR count). The van der Waals surface area contributed by atoms with E-state index in [0.717, 1.165) is 26.3 Å². The maximum Gasteiger partial charge on any atom is 0.271 e. The van der Waals surface area contributed by atoms with Crippen LogP contribution in [-0.4, -0.2) is 18.6 Å². The molecule has 0 spiro atoms. The van der Waals surface area contributed by atoms with Gasteiger partial charge in [-0.05, 0) is 49.7 Å². The molecule has 1 aromatic carbocycles. The normalized spacial score (nSPS) is 11.6. The van der Waals surface area contributed by atoms with E-state index < -0.39 is 10.0 Å². The number of hydrogen-bond acceptors (Lipinski definition) is 4. The van der Waals surface area contributed by atoms with E-state index in [1.807, 2.05) is 19.9 Å². The predicted molar refractivity (Wildman–Crippen MR) is 96.3 cm³/mol. The minimum absolute atomic E-state index is 0.257. The second-order valence-corrected chi connectivity index (χ2v) is 8.97. The smallest absolute Gasteiger partial charge is 0.271 e. The number of aromatic amines is 1. The molecule has 0 aliphatic rings. The molecule has 23 heavy (non-hydrogen) atoms. The minimum Gasteiger partial charge on any atom is -0.282 e. The number of thiophene rings is 1. The fourth-order valence-corrected chi connectivity index (χ4v) is 4.88. The van der Waals surface area contributed by atoms with Gasteiger partial charge in [0.1, 0.15) is 9.90 Å². The second kappa shape index (κ2) is 6.10. The average molecular weight is 412 g/mol. The van der Waals surface area contributed by atoms with Crippen LogP contribution in [0.3, 0.4) is 0 Å². The Hall–Kier alpha value is -1.64. The summed E-state index contributed by atoms with van der Waals surface area (Å²) in [6.45, 7) is 3.90. The highest BCUT2D eigenvalue weighted by atomic mass is 79.9. The van der Waals surface area contributed by atoms with E-state index in [9.17, 15) is 8.42 Å². The second-order valence-electron chi connectivity index (χ2n) is 5.06. The lowest BCUT2D eigenvalue weighted by Crippen LogP contribution is -2.11. The zero-order chi connectivity index (χ0) is 16.6. The number of rotatable bonds is 4. The van der Waals surface area contributed by atoms with Gasteiger partial charge in [0.25, 0.3) is 10.0 Å². The van der Waals surface area contributed by atoms with E-state index in [-0.39, 0.29) is 4.21 Å². The van der Waals surface area contributed by atoms with Crippen molar-refractivity contribution in [3.05, 3.63) is 52.1 Å². The summed E-state index contributed by atoms with van der Waals surface area (Å²) >= 11 is 4.53. The van der Waals surface area contributed by atoms with Gasteiger partial charge in [0.2, 0.25) is 0 Å². The molecule has 3 aromatic rings. The van der Waals surface area contributed by atoms with Crippen molar-refractivity contribution in [1.29, 1.82) is 0 Å². The first-order valence-corrected chi connectivity index (χ1v) is 9.86. The third-order valence-electron chi connectivity index (χ3n) is 3.41. The number of nitrogens with zero attached hydrogens (tertiary/aromatic N) is 1. The maximum absolute atomic E-state index is 12.5. The molecule has 0 atom stereocenters. The Labute approximate surface area is 146 Å². The predicted octanol–water partition coefficient (Wildman–Crippen LogP) is 4.32. The van der Waals surface area contributed by atoms with Gasteiger partial charge >= 0.3 is 0 Å². The molecule has 120 valence electrons. The first kappa shape index (κ1) is 16.2. The molecule has 0 radical (unpaired) electrons. The molecule has 5 nitrogen and oxygen atoms in total. The number of halogens is 1. The number of anilines is 1. The molecule has 2 heterocycles. The fraction of sp³-hybridized carbons (Fsp3) is 0.133. The molecule has 0 unspecified atom stereocenters. The summed E-state index contributed by atoms with van der Waals surface area (Å²) in [7, 11) is -3.61. The van der Waals surface area contributed by atoms with Crippen LogP contribution < -0.4 is 4.72 Å². The average Bonchev–Trinajstić information content (AvgIpc) is 3.07. The highest BCUT2D eigenvalue weighted by molar-refractivity contribution is 9.10. The third-order valence-corrected chi connectivity index (χ3v) is 6.87. The summed E-state index contributed by atoms with van der Waals surface area (Å²) in [5, 5.41) is 7.16. The van der Waals surface area contributed by atoms with E-state index >= 15 is 0 Å². The lowest BCUT2D eigenvalue weighted by Gasteiger charge is -2.06. The lowest BCUT2D eigenvalue weighted by atomic mass is 10.2. The van der Waals surface area contributed by atoms with Gasteiger partial charge in [-0.25, -0.2) is 8.42 Å². The van der Waals surface area contributed by atoms with Gasteiger partial charge in [-0.1, -0.05) is 22.0 Å². The van der Waals surface area contributed by atoms with Gasteiger partial charge < -0.3 is 0 Å². The molecule has 0 amide bonds. The van der Waals surface area contributed by atoms with Crippen LogP contribution in [0.4, 0.5) is 5.69 Å². The van der Waals surface area contributed by atoms with Crippen LogP contribution in [0.2, 0.25) is 0 Å². The van der Waals surface area contributed by atoms with Crippen molar-refractivity contribution in [3.63, 3.8) is 0 Å². The van der Waals surface area contributed by atoms with Gasteiger partial charge in [0.05, 0.1) is 4.88 Å². The van der Waals surface area contributed by atoms with Crippen LogP contribution in [-0.2, 0) is 10.0 Å². The molecule has 0 saturated heterocycles. The number of benzene rings is 1. The quantitative estimate of drug-likeness (QED) is 0.670. The summed E-state index contributed by atoms with van der Waals surface area (Å²) in [5.41, 5.74) is 3.30. The highest BCUT2D eigenvalue weighted by Gasteiger charge is 2.19. The Bertz CT molecular complexity index is 961. The van der Waals surface area contributed by atoms with Crippen molar-refractivity contribution in [2.75, 3.05) is 4.72 Å².